The molecule has 0 saturated carbocycles. The zero-order valence-electron chi connectivity index (χ0n) is 11.8. The number of hydrogen-bond acceptors (Lipinski definition) is 2. The summed E-state index contributed by atoms with van der Waals surface area (Å²) in [5.41, 5.74) is 3.25. The predicted octanol–water partition coefficient (Wildman–Crippen LogP) is 4.06. The van der Waals surface area contributed by atoms with Crippen LogP contribution in [0.25, 0.3) is 10.9 Å². The quantitative estimate of drug-likeness (QED) is 0.772. The summed E-state index contributed by atoms with van der Waals surface area (Å²) in [5, 5.41) is 2.23. The molecule has 0 N–H and O–H groups in total. The van der Waals surface area contributed by atoms with E-state index in [2.05, 4.69) is 37.0 Å². The van der Waals surface area contributed by atoms with Gasteiger partial charge in [0.1, 0.15) is 7.14 Å². The molecular weight excluding hydrogens is 253 g/mol. The number of hydrogen-bond donors (Lipinski definition) is 0. The van der Waals surface area contributed by atoms with Crippen LogP contribution in [0.15, 0.2) is 24.3 Å². The molecule has 1 aromatic carbocycles. The molecule has 1 fully saturated rings. The fourth-order valence-electron chi connectivity index (χ4n) is 2.90. The summed E-state index contributed by atoms with van der Waals surface area (Å²) in [5.74, 6) is 0.409. The van der Waals surface area contributed by atoms with E-state index in [1.807, 2.05) is 13.0 Å². The van der Waals surface area contributed by atoms with Crippen LogP contribution in [0.5, 0.6) is 0 Å². The van der Waals surface area contributed by atoms with Crippen LogP contribution in [-0.2, 0) is 4.57 Å². The predicted molar refractivity (Wildman–Crippen MR) is 82.2 cm³/mol. The van der Waals surface area contributed by atoms with E-state index < -0.39 is 7.14 Å². The highest BCUT2D eigenvalue weighted by molar-refractivity contribution is 7.73. The molecule has 1 aromatic heterocycles. The minimum absolute atomic E-state index is 0.409. The first kappa shape index (κ1) is 12.9. The highest BCUT2D eigenvalue weighted by Gasteiger charge is 2.36. The van der Waals surface area contributed by atoms with Crippen molar-refractivity contribution in [2.75, 3.05) is 12.3 Å². The van der Waals surface area contributed by atoms with Gasteiger partial charge in [0.2, 0.25) is 0 Å². The van der Waals surface area contributed by atoms with Gasteiger partial charge in [-0.05, 0) is 37.0 Å². The SMILES string of the molecule is Cc1ccc2c(P3(=O)CCC3)c(C(C)C)ccc2n1. The monoisotopic (exact) mass is 273 g/mol. The molecular formula is C16H20NOP. The van der Waals surface area contributed by atoms with Gasteiger partial charge in [-0.1, -0.05) is 26.0 Å². The normalized spacial score (nSPS) is 17.7. The van der Waals surface area contributed by atoms with E-state index in [1.165, 1.54) is 5.56 Å². The Bertz CT molecular complexity index is 682. The molecule has 2 heterocycles. The van der Waals surface area contributed by atoms with Gasteiger partial charge in [0.05, 0.1) is 5.52 Å². The second kappa shape index (κ2) is 4.45. The van der Waals surface area contributed by atoms with Crippen molar-refractivity contribution in [2.45, 2.75) is 33.1 Å². The third kappa shape index (κ3) is 2.03. The van der Waals surface area contributed by atoms with E-state index in [-0.39, 0.29) is 0 Å². The molecule has 2 aromatic rings. The Morgan fingerprint density at radius 1 is 1.16 bits per heavy atom. The average molecular weight is 273 g/mol. The minimum Gasteiger partial charge on any atom is -0.319 e. The topological polar surface area (TPSA) is 30.0 Å². The molecule has 0 atom stereocenters. The van der Waals surface area contributed by atoms with Crippen LogP contribution in [-0.4, -0.2) is 17.3 Å². The lowest BCUT2D eigenvalue weighted by Crippen LogP contribution is -2.24. The van der Waals surface area contributed by atoms with Crippen LogP contribution in [0.3, 0.4) is 0 Å². The van der Waals surface area contributed by atoms with Gasteiger partial charge in [-0.15, -0.1) is 0 Å². The lowest BCUT2D eigenvalue weighted by atomic mass is 10.0. The van der Waals surface area contributed by atoms with Crippen LogP contribution in [0.1, 0.15) is 37.4 Å². The van der Waals surface area contributed by atoms with Crippen molar-refractivity contribution in [1.29, 1.82) is 0 Å². The fraction of sp³-hybridized carbons (Fsp3) is 0.438. The van der Waals surface area contributed by atoms with Crippen molar-refractivity contribution in [3.8, 4) is 0 Å². The molecule has 3 heteroatoms. The summed E-state index contributed by atoms with van der Waals surface area (Å²) in [6.07, 6.45) is 2.85. The first-order valence-corrected chi connectivity index (χ1v) is 9.08. The number of rotatable bonds is 2. The maximum atomic E-state index is 13.1. The lowest BCUT2D eigenvalue weighted by Gasteiger charge is -2.31. The Morgan fingerprint density at radius 3 is 2.47 bits per heavy atom. The van der Waals surface area contributed by atoms with E-state index in [9.17, 15) is 4.57 Å². The molecule has 0 unspecified atom stereocenters. The summed E-state index contributed by atoms with van der Waals surface area (Å²) >= 11 is 0. The summed E-state index contributed by atoms with van der Waals surface area (Å²) < 4.78 is 13.1. The van der Waals surface area contributed by atoms with E-state index in [0.29, 0.717) is 5.92 Å². The van der Waals surface area contributed by atoms with Gasteiger partial charge in [-0.25, -0.2) is 0 Å². The molecule has 3 rings (SSSR count). The number of aryl methyl sites for hydroxylation is 1. The number of pyridine rings is 1. The van der Waals surface area contributed by atoms with Crippen molar-refractivity contribution >= 4 is 23.3 Å². The standard InChI is InChI=1S/C16H20NOP/c1-11(2)13-7-8-15-14(6-5-12(3)17-15)16(13)19(18)9-4-10-19/h5-8,11H,4,9-10H2,1-3H3. The van der Waals surface area contributed by atoms with Crippen molar-refractivity contribution in [1.82, 2.24) is 4.98 Å². The summed E-state index contributed by atoms with van der Waals surface area (Å²) in [4.78, 5) is 4.59. The summed E-state index contributed by atoms with van der Waals surface area (Å²) in [7, 11) is -2.14. The first-order chi connectivity index (χ1) is 9.01. The summed E-state index contributed by atoms with van der Waals surface area (Å²) in [6, 6.07) is 8.35. The fourth-order valence-corrected chi connectivity index (χ4v) is 5.67. The summed E-state index contributed by atoms with van der Waals surface area (Å²) in [6.45, 7) is 6.36. The van der Waals surface area contributed by atoms with Crippen LogP contribution in [0, 0.1) is 6.92 Å². The molecule has 0 amide bonds. The molecule has 0 radical (unpaired) electrons. The Balaban J connectivity index is 2.35. The molecule has 0 aliphatic carbocycles. The van der Waals surface area contributed by atoms with Gasteiger partial charge in [0, 0.05) is 28.7 Å². The third-order valence-corrected chi connectivity index (χ3v) is 7.47. The zero-order chi connectivity index (χ0) is 13.6. The van der Waals surface area contributed by atoms with Crippen molar-refractivity contribution < 1.29 is 4.57 Å². The van der Waals surface area contributed by atoms with Crippen LogP contribution in [0.2, 0.25) is 0 Å². The highest BCUT2D eigenvalue weighted by Crippen LogP contribution is 2.56. The Morgan fingerprint density at radius 2 is 1.89 bits per heavy atom. The van der Waals surface area contributed by atoms with Crippen molar-refractivity contribution in [3.05, 3.63) is 35.5 Å². The number of fused-ring (bicyclic) bond motifs is 1. The van der Waals surface area contributed by atoms with E-state index in [4.69, 9.17) is 0 Å². The van der Waals surface area contributed by atoms with Gasteiger partial charge in [-0.2, -0.15) is 0 Å². The molecule has 2 nitrogen and oxygen atoms in total. The van der Waals surface area contributed by atoms with Crippen molar-refractivity contribution in [2.24, 2.45) is 0 Å². The Labute approximate surface area is 114 Å². The molecule has 1 aliphatic heterocycles. The highest BCUT2D eigenvalue weighted by atomic mass is 31.2. The van der Waals surface area contributed by atoms with E-state index in [1.54, 1.807) is 0 Å². The maximum absolute atomic E-state index is 13.1. The number of benzene rings is 1. The second-order valence-corrected chi connectivity index (χ2v) is 8.99. The first-order valence-electron chi connectivity index (χ1n) is 7.00. The van der Waals surface area contributed by atoms with Crippen molar-refractivity contribution in [3.63, 3.8) is 0 Å². The maximum Gasteiger partial charge on any atom is 0.116 e. The van der Waals surface area contributed by atoms with E-state index in [0.717, 1.165) is 40.6 Å². The van der Waals surface area contributed by atoms with Gasteiger partial charge in [0.25, 0.3) is 0 Å². The molecule has 1 aliphatic rings. The van der Waals surface area contributed by atoms with Gasteiger partial charge in [0.15, 0.2) is 0 Å². The smallest absolute Gasteiger partial charge is 0.116 e. The Hall–Kier alpha value is -1.14. The van der Waals surface area contributed by atoms with Gasteiger partial charge >= 0.3 is 0 Å². The molecule has 19 heavy (non-hydrogen) atoms. The molecule has 0 bridgehead atoms. The molecule has 0 spiro atoms. The minimum atomic E-state index is -2.14. The average Bonchev–Trinajstić information content (AvgIpc) is 2.34. The zero-order valence-corrected chi connectivity index (χ0v) is 12.7. The van der Waals surface area contributed by atoms with Gasteiger partial charge < -0.3 is 4.57 Å². The second-order valence-electron chi connectivity index (χ2n) is 5.87. The van der Waals surface area contributed by atoms with Gasteiger partial charge in [-0.3, -0.25) is 4.98 Å². The molecule has 1 saturated heterocycles. The van der Waals surface area contributed by atoms with Crippen LogP contribution >= 0.6 is 7.14 Å². The third-order valence-electron chi connectivity index (χ3n) is 4.08. The van der Waals surface area contributed by atoms with Crippen LogP contribution in [0.4, 0.5) is 0 Å². The Kier molecular flexibility index (Phi) is 3.02. The lowest BCUT2D eigenvalue weighted by molar-refractivity contribution is 0.570. The molecule has 100 valence electrons. The number of nitrogens with zero attached hydrogens (tertiary/aromatic N) is 1. The number of aromatic nitrogens is 1. The van der Waals surface area contributed by atoms with Crippen LogP contribution < -0.4 is 5.30 Å². The van der Waals surface area contributed by atoms with E-state index >= 15 is 0 Å². The largest absolute Gasteiger partial charge is 0.319 e.